The fourth-order valence-electron chi connectivity index (χ4n) is 1.46. The standard InChI is InChI=1S/C13H10N4OS.C2HF3O2/c1-2-12(18-7-1)13-16-11(9-19-13)8-15-17-10-3-5-14-6-4-10;3-2(4,5)1(6)7/h1-9H,(H,14,17);(H,6,7)/b15-8+;. The first-order chi connectivity index (χ1) is 12.4. The normalized spacial score (nSPS) is 11.0. The van der Waals surface area contributed by atoms with Gasteiger partial charge in [0.1, 0.15) is 0 Å². The van der Waals surface area contributed by atoms with Crippen molar-refractivity contribution in [2.45, 2.75) is 6.18 Å². The van der Waals surface area contributed by atoms with Gasteiger partial charge in [-0.25, -0.2) is 9.78 Å². The third-order valence-electron chi connectivity index (χ3n) is 2.57. The number of carboxylic acid groups (broad SMARTS) is 1. The summed E-state index contributed by atoms with van der Waals surface area (Å²) in [6, 6.07) is 7.41. The predicted molar refractivity (Wildman–Crippen MR) is 89.0 cm³/mol. The van der Waals surface area contributed by atoms with Crippen molar-refractivity contribution < 1.29 is 27.5 Å². The lowest BCUT2D eigenvalue weighted by molar-refractivity contribution is -0.192. The average Bonchev–Trinajstić information content (AvgIpc) is 3.27. The van der Waals surface area contributed by atoms with Crippen molar-refractivity contribution in [2.24, 2.45) is 5.10 Å². The number of rotatable bonds is 4. The second kappa shape index (κ2) is 8.76. The van der Waals surface area contributed by atoms with Crippen LogP contribution in [0.3, 0.4) is 0 Å². The molecule has 0 aliphatic heterocycles. The number of halogens is 3. The van der Waals surface area contributed by atoms with E-state index in [-0.39, 0.29) is 0 Å². The van der Waals surface area contributed by atoms with E-state index in [4.69, 9.17) is 14.3 Å². The molecule has 0 saturated heterocycles. The van der Waals surface area contributed by atoms with Crippen LogP contribution in [0.1, 0.15) is 5.69 Å². The summed E-state index contributed by atoms with van der Waals surface area (Å²) < 4.78 is 37.0. The van der Waals surface area contributed by atoms with Crippen LogP contribution >= 0.6 is 11.3 Å². The zero-order valence-electron chi connectivity index (χ0n) is 12.8. The van der Waals surface area contributed by atoms with E-state index < -0.39 is 12.1 Å². The van der Waals surface area contributed by atoms with Gasteiger partial charge in [-0.3, -0.25) is 10.4 Å². The number of nitrogens with one attached hydrogen (secondary N) is 1. The molecule has 0 atom stereocenters. The summed E-state index contributed by atoms with van der Waals surface area (Å²) in [6.45, 7) is 0. The fourth-order valence-corrected chi connectivity index (χ4v) is 2.19. The van der Waals surface area contributed by atoms with E-state index in [9.17, 15) is 13.2 Å². The highest BCUT2D eigenvalue weighted by Gasteiger charge is 2.38. The molecule has 3 heterocycles. The van der Waals surface area contributed by atoms with Gasteiger partial charge in [0.15, 0.2) is 10.8 Å². The largest absolute Gasteiger partial charge is 0.490 e. The highest BCUT2D eigenvalue weighted by Crippen LogP contribution is 2.23. The second-order valence-corrected chi connectivity index (χ2v) is 5.32. The zero-order chi connectivity index (χ0) is 19.0. The second-order valence-electron chi connectivity index (χ2n) is 4.46. The number of carboxylic acids is 1. The Morgan fingerprint density at radius 1 is 1.31 bits per heavy atom. The predicted octanol–water partition coefficient (Wildman–Crippen LogP) is 3.88. The van der Waals surface area contributed by atoms with Gasteiger partial charge in [-0.1, -0.05) is 0 Å². The molecule has 0 aliphatic carbocycles. The number of carbonyl (C=O) groups is 1. The number of hydrogen-bond donors (Lipinski definition) is 2. The maximum absolute atomic E-state index is 10.6. The summed E-state index contributed by atoms with van der Waals surface area (Å²) >= 11 is 1.52. The summed E-state index contributed by atoms with van der Waals surface area (Å²) in [5.41, 5.74) is 4.58. The number of hydrazone groups is 1. The number of furan rings is 1. The van der Waals surface area contributed by atoms with Crippen LogP contribution in [-0.4, -0.2) is 33.4 Å². The molecule has 0 unspecified atom stereocenters. The number of thiazole rings is 1. The minimum atomic E-state index is -5.08. The molecular formula is C15H11F3N4O3S. The molecule has 3 aromatic rings. The van der Waals surface area contributed by atoms with E-state index in [2.05, 4.69) is 20.5 Å². The maximum atomic E-state index is 10.6. The number of nitrogens with zero attached hydrogens (tertiary/aromatic N) is 3. The number of aliphatic carboxylic acids is 1. The molecule has 0 bridgehead atoms. The number of anilines is 1. The fraction of sp³-hybridized carbons (Fsp3) is 0.0667. The summed E-state index contributed by atoms with van der Waals surface area (Å²) in [5.74, 6) is -1.99. The van der Waals surface area contributed by atoms with E-state index in [1.807, 2.05) is 29.6 Å². The molecule has 0 fully saturated rings. The van der Waals surface area contributed by atoms with Gasteiger partial charge in [-0.05, 0) is 24.3 Å². The van der Waals surface area contributed by atoms with Crippen molar-refractivity contribution in [3.8, 4) is 10.8 Å². The molecule has 3 aromatic heterocycles. The van der Waals surface area contributed by atoms with Gasteiger partial charge in [0.2, 0.25) is 0 Å². The molecule has 2 N–H and O–H groups in total. The van der Waals surface area contributed by atoms with E-state index in [1.54, 1.807) is 24.9 Å². The highest BCUT2D eigenvalue weighted by molar-refractivity contribution is 7.13. The maximum Gasteiger partial charge on any atom is 0.490 e. The topological polar surface area (TPSA) is 101 Å². The van der Waals surface area contributed by atoms with E-state index >= 15 is 0 Å². The SMILES string of the molecule is C(=N\Nc1ccncc1)/c1csc(-c2ccco2)n1.O=C(O)C(F)(F)F. The lowest BCUT2D eigenvalue weighted by atomic mass is 10.4. The highest BCUT2D eigenvalue weighted by atomic mass is 32.1. The molecule has 3 rings (SSSR count). The Bertz CT molecular complexity index is 849. The molecule has 26 heavy (non-hydrogen) atoms. The third kappa shape index (κ3) is 6.02. The smallest absolute Gasteiger partial charge is 0.475 e. The number of aromatic nitrogens is 2. The average molecular weight is 384 g/mol. The molecular weight excluding hydrogens is 373 g/mol. The molecule has 11 heteroatoms. The lowest BCUT2D eigenvalue weighted by Gasteiger charge is -1.96. The molecule has 0 spiro atoms. The first-order valence-corrected chi connectivity index (χ1v) is 7.73. The Hall–Kier alpha value is -3.21. The van der Waals surface area contributed by atoms with Gasteiger partial charge in [-0.2, -0.15) is 18.3 Å². The summed E-state index contributed by atoms with van der Waals surface area (Å²) in [4.78, 5) is 17.2. The van der Waals surface area contributed by atoms with Crippen LogP contribution in [0.15, 0.2) is 57.8 Å². The Balaban J connectivity index is 0.000000298. The summed E-state index contributed by atoms with van der Waals surface area (Å²) in [5, 5.41) is 14.0. The molecule has 7 nitrogen and oxygen atoms in total. The molecule has 0 aliphatic rings. The van der Waals surface area contributed by atoms with Crippen LogP contribution in [-0.2, 0) is 4.79 Å². The van der Waals surface area contributed by atoms with Gasteiger partial charge in [-0.15, -0.1) is 11.3 Å². The van der Waals surface area contributed by atoms with Crippen LogP contribution in [0.2, 0.25) is 0 Å². The Morgan fingerprint density at radius 2 is 2.00 bits per heavy atom. The minimum Gasteiger partial charge on any atom is -0.475 e. The lowest BCUT2D eigenvalue weighted by Crippen LogP contribution is -2.21. The third-order valence-corrected chi connectivity index (χ3v) is 3.44. The quantitative estimate of drug-likeness (QED) is 0.523. The van der Waals surface area contributed by atoms with Gasteiger partial charge in [0, 0.05) is 17.8 Å². The molecule has 0 saturated carbocycles. The first kappa shape index (κ1) is 19.1. The monoisotopic (exact) mass is 384 g/mol. The van der Waals surface area contributed by atoms with Crippen LogP contribution in [0.25, 0.3) is 10.8 Å². The van der Waals surface area contributed by atoms with Crippen molar-refractivity contribution >= 4 is 29.2 Å². The Kier molecular flexibility index (Phi) is 6.44. The van der Waals surface area contributed by atoms with Gasteiger partial charge in [0.05, 0.1) is 23.9 Å². The number of pyridine rings is 1. The molecule has 0 amide bonds. The van der Waals surface area contributed by atoms with Crippen LogP contribution in [0.4, 0.5) is 18.9 Å². The number of alkyl halides is 3. The van der Waals surface area contributed by atoms with Gasteiger partial charge >= 0.3 is 12.1 Å². The zero-order valence-corrected chi connectivity index (χ0v) is 13.7. The van der Waals surface area contributed by atoms with Gasteiger partial charge in [0.25, 0.3) is 0 Å². The minimum absolute atomic E-state index is 0.770. The van der Waals surface area contributed by atoms with E-state index in [0.717, 1.165) is 22.1 Å². The van der Waals surface area contributed by atoms with Crippen LogP contribution in [0.5, 0.6) is 0 Å². The summed E-state index contributed by atoms with van der Waals surface area (Å²) in [7, 11) is 0. The van der Waals surface area contributed by atoms with Crippen molar-refractivity contribution in [3.63, 3.8) is 0 Å². The van der Waals surface area contributed by atoms with Crippen molar-refractivity contribution in [2.75, 3.05) is 5.43 Å². The Morgan fingerprint density at radius 3 is 2.58 bits per heavy atom. The molecule has 0 radical (unpaired) electrons. The first-order valence-electron chi connectivity index (χ1n) is 6.85. The van der Waals surface area contributed by atoms with E-state index in [1.165, 1.54) is 11.3 Å². The molecule has 136 valence electrons. The van der Waals surface area contributed by atoms with Crippen molar-refractivity contribution in [3.05, 3.63) is 54.0 Å². The Labute approximate surface area is 148 Å². The van der Waals surface area contributed by atoms with Crippen LogP contribution < -0.4 is 5.43 Å². The van der Waals surface area contributed by atoms with Gasteiger partial charge < -0.3 is 9.52 Å². The van der Waals surface area contributed by atoms with E-state index in [0.29, 0.717) is 0 Å². The van der Waals surface area contributed by atoms with Crippen molar-refractivity contribution in [1.82, 2.24) is 9.97 Å². The number of hydrogen-bond acceptors (Lipinski definition) is 7. The van der Waals surface area contributed by atoms with Crippen molar-refractivity contribution in [1.29, 1.82) is 0 Å². The summed E-state index contributed by atoms with van der Waals surface area (Å²) in [6.07, 6.45) is 1.63. The molecule has 0 aromatic carbocycles. The van der Waals surface area contributed by atoms with Crippen LogP contribution in [0, 0.1) is 0 Å².